The molecule has 0 atom stereocenters. The van der Waals surface area contributed by atoms with E-state index in [2.05, 4.69) is 5.32 Å². The highest BCUT2D eigenvalue weighted by Crippen LogP contribution is 2.17. The zero-order valence-electron chi connectivity index (χ0n) is 13.2. The molecule has 0 aliphatic rings. The first-order valence-electron chi connectivity index (χ1n) is 7.10. The van der Waals surface area contributed by atoms with Gasteiger partial charge in [0.15, 0.2) is 0 Å². The Bertz CT molecular complexity index is 486. The van der Waals surface area contributed by atoms with Gasteiger partial charge in [0.25, 0.3) is 0 Å². The molecule has 1 aromatic carbocycles. The summed E-state index contributed by atoms with van der Waals surface area (Å²) in [7, 11) is 1.62. The van der Waals surface area contributed by atoms with E-state index in [9.17, 15) is 9.59 Å². The molecule has 0 aliphatic heterocycles. The monoisotopic (exact) mass is 292 g/mol. The van der Waals surface area contributed by atoms with Crippen molar-refractivity contribution in [2.45, 2.75) is 33.2 Å². The Morgan fingerprint density at radius 2 is 1.95 bits per heavy atom. The smallest absolute Gasteiger partial charge is 0.239 e. The lowest BCUT2D eigenvalue weighted by atomic mass is 10.1. The summed E-state index contributed by atoms with van der Waals surface area (Å²) in [5.74, 6) is 0.552. The number of nitrogens with one attached hydrogen (secondary N) is 1. The van der Waals surface area contributed by atoms with Gasteiger partial charge in [0.2, 0.25) is 11.8 Å². The van der Waals surface area contributed by atoms with Gasteiger partial charge in [0, 0.05) is 19.5 Å². The van der Waals surface area contributed by atoms with Crippen LogP contribution in [0, 0.1) is 0 Å². The summed E-state index contributed by atoms with van der Waals surface area (Å²) in [5.41, 5.74) is 1.02. The molecule has 2 amide bonds. The Morgan fingerprint density at radius 3 is 2.52 bits per heavy atom. The largest absolute Gasteiger partial charge is 0.496 e. The lowest BCUT2D eigenvalue weighted by Crippen LogP contribution is -2.42. The summed E-state index contributed by atoms with van der Waals surface area (Å²) in [6.07, 6.45) is 0.651. The molecule has 0 bridgehead atoms. The van der Waals surface area contributed by atoms with Crippen LogP contribution >= 0.6 is 0 Å². The van der Waals surface area contributed by atoms with E-state index in [1.54, 1.807) is 12.0 Å². The van der Waals surface area contributed by atoms with Crippen molar-refractivity contribution < 1.29 is 14.3 Å². The second kappa shape index (κ2) is 8.29. The van der Waals surface area contributed by atoms with Gasteiger partial charge in [0.1, 0.15) is 5.75 Å². The maximum Gasteiger partial charge on any atom is 0.239 e. The van der Waals surface area contributed by atoms with Gasteiger partial charge in [0.05, 0.1) is 13.7 Å². The van der Waals surface area contributed by atoms with Crippen LogP contribution in [0.5, 0.6) is 5.75 Å². The van der Waals surface area contributed by atoms with E-state index in [0.717, 1.165) is 11.3 Å². The van der Waals surface area contributed by atoms with Crippen LogP contribution in [0.3, 0.4) is 0 Å². The Kier molecular flexibility index (Phi) is 6.72. The Balaban J connectivity index is 2.63. The van der Waals surface area contributed by atoms with Crippen molar-refractivity contribution in [2.75, 3.05) is 20.2 Å². The topological polar surface area (TPSA) is 58.6 Å². The summed E-state index contributed by atoms with van der Waals surface area (Å²) < 4.78 is 5.29. The van der Waals surface area contributed by atoms with E-state index >= 15 is 0 Å². The van der Waals surface area contributed by atoms with Gasteiger partial charge in [-0.05, 0) is 31.9 Å². The summed E-state index contributed by atoms with van der Waals surface area (Å²) in [4.78, 5) is 25.0. The number of benzene rings is 1. The molecule has 5 nitrogen and oxygen atoms in total. The van der Waals surface area contributed by atoms with Gasteiger partial charge in [-0.3, -0.25) is 9.59 Å². The number of carbonyl (C=O) groups is 2. The lowest BCUT2D eigenvalue weighted by Gasteiger charge is -2.21. The van der Waals surface area contributed by atoms with Crippen molar-refractivity contribution >= 4 is 11.8 Å². The quantitative estimate of drug-likeness (QED) is 0.830. The van der Waals surface area contributed by atoms with Gasteiger partial charge >= 0.3 is 0 Å². The third-order valence-corrected chi connectivity index (χ3v) is 3.07. The van der Waals surface area contributed by atoms with E-state index in [4.69, 9.17) is 4.74 Å². The minimum absolute atomic E-state index is 0.0699. The molecule has 21 heavy (non-hydrogen) atoms. The van der Waals surface area contributed by atoms with E-state index in [-0.39, 0.29) is 24.4 Å². The van der Waals surface area contributed by atoms with Crippen molar-refractivity contribution in [2.24, 2.45) is 0 Å². The van der Waals surface area contributed by atoms with Crippen molar-refractivity contribution in [1.29, 1.82) is 0 Å². The molecular formula is C16H24N2O3. The number of para-hydroxylation sites is 1. The van der Waals surface area contributed by atoms with Gasteiger partial charge in [-0.25, -0.2) is 0 Å². The van der Waals surface area contributed by atoms with Gasteiger partial charge in [-0.2, -0.15) is 0 Å². The van der Waals surface area contributed by atoms with Crippen LogP contribution in [-0.2, 0) is 16.0 Å². The van der Waals surface area contributed by atoms with Crippen LogP contribution in [-0.4, -0.2) is 43.0 Å². The van der Waals surface area contributed by atoms with Crippen molar-refractivity contribution in [3.8, 4) is 5.75 Å². The number of hydrogen-bond donors (Lipinski definition) is 1. The van der Waals surface area contributed by atoms with Gasteiger partial charge in [-0.15, -0.1) is 0 Å². The first kappa shape index (κ1) is 17.0. The fraction of sp³-hybridized carbons (Fsp3) is 0.500. The Labute approximate surface area is 126 Å². The SMILES string of the molecule is COc1ccccc1CCN(CC(=O)NC(C)C)C(C)=O. The molecule has 1 N–H and O–H groups in total. The molecule has 1 aromatic rings. The second-order valence-corrected chi connectivity index (χ2v) is 5.22. The summed E-state index contributed by atoms with van der Waals surface area (Å²) in [5, 5.41) is 2.79. The number of carbonyl (C=O) groups excluding carboxylic acids is 2. The van der Waals surface area contributed by atoms with Crippen molar-refractivity contribution in [3.63, 3.8) is 0 Å². The van der Waals surface area contributed by atoms with Crippen molar-refractivity contribution in [3.05, 3.63) is 29.8 Å². The highest BCUT2D eigenvalue weighted by molar-refractivity contribution is 5.83. The summed E-state index contributed by atoms with van der Waals surface area (Å²) >= 11 is 0. The zero-order chi connectivity index (χ0) is 15.8. The van der Waals surface area contributed by atoms with E-state index < -0.39 is 0 Å². The Morgan fingerprint density at radius 1 is 1.29 bits per heavy atom. The van der Waals surface area contributed by atoms with E-state index in [1.807, 2.05) is 38.1 Å². The predicted molar refractivity (Wildman–Crippen MR) is 82.2 cm³/mol. The zero-order valence-corrected chi connectivity index (χ0v) is 13.2. The van der Waals surface area contributed by atoms with Crippen LogP contribution in [0.25, 0.3) is 0 Å². The van der Waals surface area contributed by atoms with Gasteiger partial charge in [-0.1, -0.05) is 18.2 Å². The number of ether oxygens (including phenoxy) is 1. The molecule has 5 heteroatoms. The van der Waals surface area contributed by atoms with Crippen LogP contribution in [0.4, 0.5) is 0 Å². The average molecular weight is 292 g/mol. The third-order valence-electron chi connectivity index (χ3n) is 3.07. The fourth-order valence-electron chi connectivity index (χ4n) is 2.05. The predicted octanol–water partition coefficient (Wildman–Crippen LogP) is 1.61. The Hall–Kier alpha value is -2.04. The maximum absolute atomic E-state index is 11.8. The highest BCUT2D eigenvalue weighted by atomic mass is 16.5. The molecule has 0 saturated carbocycles. The molecule has 1 rings (SSSR count). The molecular weight excluding hydrogens is 268 g/mol. The molecule has 0 fully saturated rings. The van der Waals surface area contributed by atoms with Crippen LogP contribution in [0.1, 0.15) is 26.3 Å². The fourth-order valence-corrected chi connectivity index (χ4v) is 2.05. The van der Waals surface area contributed by atoms with E-state index in [0.29, 0.717) is 13.0 Å². The average Bonchev–Trinajstić information content (AvgIpc) is 2.42. The number of rotatable bonds is 7. The second-order valence-electron chi connectivity index (χ2n) is 5.22. The minimum atomic E-state index is -0.139. The van der Waals surface area contributed by atoms with Crippen molar-refractivity contribution in [1.82, 2.24) is 10.2 Å². The lowest BCUT2D eigenvalue weighted by molar-refractivity contribution is -0.134. The minimum Gasteiger partial charge on any atom is -0.496 e. The molecule has 0 aliphatic carbocycles. The van der Waals surface area contributed by atoms with Crippen LogP contribution in [0.15, 0.2) is 24.3 Å². The first-order chi connectivity index (χ1) is 9.93. The van der Waals surface area contributed by atoms with Crippen LogP contribution in [0.2, 0.25) is 0 Å². The normalized spacial score (nSPS) is 10.3. The number of hydrogen-bond acceptors (Lipinski definition) is 3. The first-order valence-corrected chi connectivity index (χ1v) is 7.10. The molecule has 0 unspecified atom stereocenters. The summed E-state index contributed by atoms with van der Waals surface area (Å²) in [6.45, 7) is 5.84. The molecule has 0 saturated heterocycles. The van der Waals surface area contributed by atoms with Crippen LogP contribution < -0.4 is 10.1 Å². The number of nitrogens with zero attached hydrogens (tertiary/aromatic N) is 1. The highest BCUT2D eigenvalue weighted by Gasteiger charge is 2.14. The molecule has 0 radical (unpaired) electrons. The third kappa shape index (κ3) is 5.85. The summed E-state index contributed by atoms with van der Waals surface area (Å²) in [6, 6.07) is 7.76. The molecule has 0 aromatic heterocycles. The standard InChI is InChI=1S/C16H24N2O3/c1-12(2)17-16(20)11-18(13(3)19)10-9-14-7-5-6-8-15(14)21-4/h5-8,12H,9-11H2,1-4H3,(H,17,20). The molecule has 0 heterocycles. The molecule has 0 spiro atoms. The maximum atomic E-state index is 11.8. The number of methoxy groups -OCH3 is 1. The van der Waals surface area contributed by atoms with Gasteiger partial charge < -0.3 is 15.0 Å². The van der Waals surface area contributed by atoms with E-state index in [1.165, 1.54) is 6.92 Å². The number of amides is 2. The molecule has 116 valence electrons.